The molecule has 0 atom stereocenters. The van der Waals surface area contributed by atoms with E-state index < -0.39 is 0 Å². The maximum absolute atomic E-state index is 12.1. The lowest BCUT2D eigenvalue weighted by atomic mass is 10.2. The van der Waals surface area contributed by atoms with Crippen molar-refractivity contribution in [1.29, 1.82) is 0 Å². The van der Waals surface area contributed by atoms with E-state index in [9.17, 15) is 9.90 Å². The molecule has 0 radical (unpaired) electrons. The van der Waals surface area contributed by atoms with Crippen LogP contribution >= 0.6 is 0 Å². The zero-order chi connectivity index (χ0) is 18.4. The highest BCUT2D eigenvalue weighted by molar-refractivity contribution is 5.73. The lowest BCUT2D eigenvalue weighted by molar-refractivity contribution is 0.206. The predicted octanol–water partition coefficient (Wildman–Crippen LogP) is 2.45. The van der Waals surface area contributed by atoms with Gasteiger partial charge in [-0.15, -0.1) is 0 Å². The molecular weight excluding hydrogens is 320 g/mol. The number of aromatic hydroxyl groups is 1. The highest BCUT2D eigenvalue weighted by atomic mass is 16.5. The SMILES string of the molecule is COc1ccc(CN(C)C(=O)NCCCn2nc(C)cc2C)cc1O. The monoisotopic (exact) mass is 346 g/mol. The highest BCUT2D eigenvalue weighted by Crippen LogP contribution is 2.26. The largest absolute Gasteiger partial charge is 0.504 e. The molecule has 0 unspecified atom stereocenters. The predicted molar refractivity (Wildman–Crippen MR) is 95.8 cm³/mol. The molecule has 0 aliphatic rings. The number of rotatable bonds is 7. The number of carbonyl (C=O) groups excluding carboxylic acids is 1. The molecule has 0 saturated heterocycles. The van der Waals surface area contributed by atoms with Gasteiger partial charge < -0.3 is 20.1 Å². The highest BCUT2D eigenvalue weighted by Gasteiger charge is 2.10. The summed E-state index contributed by atoms with van der Waals surface area (Å²) in [6, 6.07) is 7.00. The number of methoxy groups -OCH3 is 1. The number of carbonyl (C=O) groups is 1. The topological polar surface area (TPSA) is 79.6 Å². The van der Waals surface area contributed by atoms with Crippen LogP contribution in [0.4, 0.5) is 4.79 Å². The average Bonchev–Trinajstić information content (AvgIpc) is 2.89. The van der Waals surface area contributed by atoms with Crippen molar-refractivity contribution < 1.29 is 14.6 Å². The maximum Gasteiger partial charge on any atom is 0.317 e. The molecule has 0 spiro atoms. The Balaban J connectivity index is 1.76. The fourth-order valence-electron chi connectivity index (χ4n) is 2.64. The molecule has 1 aromatic carbocycles. The number of ether oxygens (including phenoxy) is 1. The molecule has 25 heavy (non-hydrogen) atoms. The number of hydrogen-bond acceptors (Lipinski definition) is 4. The molecule has 2 N–H and O–H groups in total. The number of aryl methyl sites for hydroxylation is 3. The first-order valence-corrected chi connectivity index (χ1v) is 8.26. The molecule has 0 aliphatic carbocycles. The number of nitrogens with zero attached hydrogens (tertiary/aromatic N) is 3. The summed E-state index contributed by atoms with van der Waals surface area (Å²) in [6.45, 7) is 5.75. The minimum atomic E-state index is -0.149. The number of phenols is 1. The summed E-state index contributed by atoms with van der Waals surface area (Å²) in [5, 5.41) is 17.1. The molecule has 0 saturated carbocycles. The minimum absolute atomic E-state index is 0.0682. The number of phenolic OH excluding ortho intramolecular Hbond substituents is 1. The average molecular weight is 346 g/mol. The van der Waals surface area contributed by atoms with E-state index in [1.165, 1.54) is 7.11 Å². The van der Waals surface area contributed by atoms with Gasteiger partial charge in [-0.2, -0.15) is 5.10 Å². The van der Waals surface area contributed by atoms with Crippen molar-refractivity contribution in [3.05, 3.63) is 41.2 Å². The van der Waals surface area contributed by atoms with Gasteiger partial charge >= 0.3 is 6.03 Å². The maximum atomic E-state index is 12.1. The van der Waals surface area contributed by atoms with E-state index in [2.05, 4.69) is 10.4 Å². The fraction of sp³-hybridized carbons (Fsp3) is 0.444. The number of urea groups is 1. The number of nitrogens with one attached hydrogen (secondary N) is 1. The van der Waals surface area contributed by atoms with Gasteiger partial charge in [0.1, 0.15) is 0 Å². The van der Waals surface area contributed by atoms with Gasteiger partial charge in [0, 0.05) is 32.4 Å². The van der Waals surface area contributed by atoms with Gasteiger partial charge in [-0.25, -0.2) is 4.79 Å². The van der Waals surface area contributed by atoms with Crippen molar-refractivity contribution in [1.82, 2.24) is 20.0 Å². The Bertz CT molecular complexity index is 727. The van der Waals surface area contributed by atoms with Gasteiger partial charge in [0.05, 0.1) is 12.8 Å². The summed E-state index contributed by atoms with van der Waals surface area (Å²) in [4.78, 5) is 13.7. The Kier molecular flexibility index (Phi) is 6.27. The van der Waals surface area contributed by atoms with Gasteiger partial charge in [0.15, 0.2) is 11.5 Å². The zero-order valence-electron chi connectivity index (χ0n) is 15.2. The standard InChI is InChI=1S/C18H26N4O3/c1-13-10-14(2)22(20-13)9-5-8-19-18(24)21(3)12-15-6-7-17(25-4)16(23)11-15/h6-7,10-11,23H,5,8-9,12H2,1-4H3,(H,19,24). The van der Waals surface area contributed by atoms with Crippen LogP contribution in [0.2, 0.25) is 0 Å². The third kappa shape index (κ3) is 5.14. The molecule has 1 aromatic heterocycles. The molecule has 0 fully saturated rings. The number of hydrogen-bond donors (Lipinski definition) is 2. The fourth-order valence-corrected chi connectivity index (χ4v) is 2.64. The zero-order valence-corrected chi connectivity index (χ0v) is 15.2. The Labute approximate surface area is 148 Å². The number of aromatic nitrogens is 2. The van der Waals surface area contributed by atoms with Gasteiger partial charge in [-0.3, -0.25) is 4.68 Å². The first-order valence-electron chi connectivity index (χ1n) is 8.26. The third-order valence-electron chi connectivity index (χ3n) is 3.94. The molecule has 0 bridgehead atoms. The van der Waals surface area contributed by atoms with Crippen LogP contribution in [0, 0.1) is 13.8 Å². The van der Waals surface area contributed by atoms with Gasteiger partial charge in [-0.1, -0.05) is 6.07 Å². The van der Waals surface area contributed by atoms with E-state index in [1.54, 1.807) is 24.1 Å². The Morgan fingerprint density at radius 3 is 2.72 bits per heavy atom. The quantitative estimate of drug-likeness (QED) is 0.755. The van der Waals surface area contributed by atoms with Crippen molar-refractivity contribution in [2.75, 3.05) is 20.7 Å². The normalized spacial score (nSPS) is 10.6. The van der Waals surface area contributed by atoms with E-state index >= 15 is 0 Å². The minimum Gasteiger partial charge on any atom is -0.504 e. The molecule has 136 valence electrons. The second kappa shape index (κ2) is 8.41. The van der Waals surface area contributed by atoms with Crippen molar-refractivity contribution in [2.45, 2.75) is 33.4 Å². The van der Waals surface area contributed by atoms with Gasteiger partial charge in [0.2, 0.25) is 0 Å². The smallest absolute Gasteiger partial charge is 0.317 e. The van der Waals surface area contributed by atoms with Crippen LogP contribution in [0.25, 0.3) is 0 Å². The molecule has 7 nitrogen and oxygen atoms in total. The lowest BCUT2D eigenvalue weighted by Gasteiger charge is -2.18. The van der Waals surface area contributed by atoms with Crippen molar-refractivity contribution in [2.24, 2.45) is 0 Å². The van der Waals surface area contributed by atoms with E-state index in [0.29, 0.717) is 18.8 Å². The summed E-state index contributed by atoms with van der Waals surface area (Å²) in [6.07, 6.45) is 0.810. The Morgan fingerprint density at radius 2 is 2.12 bits per heavy atom. The van der Waals surface area contributed by atoms with Crippen molar-refractivity contribution in [3.8, 4) is 11.5 Å². The van der Waals surface area contributed by atoms with Crippen LogP contribution in [0.15, 0.2) is 24.3 Å². The van der Waals surface area contributed by atoms with E-state index in [1.807, 2.05) is 30.7 Å². The summed E-state index contributed by atoms with van der Waals surface area (Å²) in [5.74, 6) is 0.485. The lowest BCUT2D eigenvalue weighted by Crippen LogP contribution is -2.37. The summed E-state index contributed by atoms with van der Waals surface area (Å²) in [5.41, 5.74) is 2.96. The van der Waals surface area contributed by atoms with Crippen molar-refractivity contribution in [3.63, 3.8) is 0 Å². The summed E-state index contributed by atoms with van der Waals surface area (Å²) >= 11 is 0. The van der Waals surface area contributed by atoms with Crippen LogP contribution in [-0.4, -0.2) is 46.5 Å². The molecule has 2 rings (SSSR count). The molecule has 1 heterocycles. The molecule has 2 amide bonds. The molecule has 0 aliphatic heterocycles. The second-order valence-electron chi connectivity index (χ2n) is 6.10. The van der Waals surface area contributed by atoms with Crippen LogP contribution in [0.3, 0.4) is 0 Å². The van der Waals surface area contributed by atoms with E-state index in [0.717, 1.165) is 29.9 Å². The third-order valence-corrected chi connectivity index (χ3v) is 3.94. The molecule has 2 aromatic rings. The second-order valence-corrected chi connectivity index (χ2v) is 6.10. The summed E-state index contributed by atoms with van der Waals surface area (Å²) in [7, 11) is 3.22. The summed E-state index contributed by atoms with van der Waals surface area (Å²) < 4.78 is 6.96. The first-order chi connectivity index (χ1) is 11.9. The number of amides is 2. The number of benzene rings is 1. The van der Waals surface area contributed by atoms with Crippen LogP contribution in [-0.2, 0) is 13.1 Å². The van der Waals surface area contributed by atoms with Crippen LogP contribution in [0.5, 0.6) is 11.5 Å². The Morgan fingerprint density at radius 1 is 1.36 bits per heavy atom. The molecule has 7 heteroatoms. The van der Waals surface area contributed by atoms with Gasteiger partial charge in [-0.05, 0) is 44.0 Å². The van der Waals surface area contributed by atoms with Crippen LogP contribution in [0.1, 0.15) is 23.4 Å². The first kappa shape index (κ1) is 18.6. The van der Waals surface area contributed by atoms with Crippen molar-refractivity contribution >= 4 is 6.03 Å². The van der Waals surface area contributed by atoms with Crippen LogP contribution < -0.4 is 10.1 Å². The molecular formula is C18H26N4O3. The van der Waals surface area contributed by atoms with E-state index in [-0.39, 0.29) is 11.8 Å². The Hall–Kier alpha value is -2.70. The van der Waals surface area contributed by atoms with Gasteiger partial charge in [0.25, 0.3) is 0 Å². The van der Waals surface area contributed by atoms with E-state index in [4.69, 9.17) is 4.74 Å².